The molecule has 0 spiro atoms. The van der Waals surface area contributed by atoms with E-state index in [0.29, 0.717) is 11.1 Å². The second-order valence-electron chi connectivity index (χ2n) is 8.28. The van der Waals surface area contributed by atoms with Gasteiger partial charge in [-0.3, -0.25) is 19.1 Å². The molecule has 9 nitrogen and oxygen atoms in total. The van der Waals surface area contributed by atoms with E-state index < -0.39 is 35.2 Å². The SMILES string of the molecule is CNC(=O)c1ccc(Cn2nc(C(F)(F)F)c(NC(=O)c3cc(C(N)=O)nc4cc(F)ccc34)c2C)cc1. The van der Waals surface area contributed by atoms with E-state index in [4.69, 9.17) is 5.73 Å². The molecule has 0 aliphatic heterocycles. The van der Waals surface area contributed by atoms with Crippen LogP contribution in [0, 0.1) is 12.7 Å². The van der Waals surface area contributed by atoms with Crippen LogP contribution in [0.15, 0.2) is 48.5 Å². The smallest absolute Gasteiger partial charge is 0.364 e. The van der Waals surface area contributed by atoms with Crippen molar-refractivity contribution in [3.05, 3.63) is 88.1 Å². The Hall–Kier alpha value is -4.81. The van der Waals surface area contributed by atoms with Gasteiger partial charge in [-0.25, -0.2) is 9.37 Å². The first-order valence-corrected chi connectivity index (χ1v) is 11.1. The summed E-state index contributed by atoms with van der Waals surface area (Å²) in [6, 6.07) is 10.5. The summed E-state index contributed by atoms with van der Waals surface area (Å²) < 4.78 is 56.5. The molecule has 2 heterocycles. The van der Waals surface area contributed by atoms with Crippen molar-refractivity contribution in [3.8, 4) is 0 Å². The van der Waals surface area contributed by atoms with Gasteiger partial charge in [0.15, 0.2) is 5.69 Å². The fourth-order valence-electron chi connectivity index (χ4n) is 3.82. The zero-order valence-corrected chi connectivity index (χ0v) is 20.0. The maximum absolute atomic E-state index is 13.9. The Labute approximate surface area is 212 Å². The maximum Gasteiger partial charge on any atom is 0.437 e. The van der Waals surface area contributed by atoms with Gasteiger partial charge in [0.1, 0.15) is 11.5 Å². The van der Waals surface area contributed by atoms with Crippen molar-refractivity contribution in [2.45, 2.75) is 19.6 Å². The van der Waals surface area contributed by atoms with E-state index in [-0.39, 0.29) is 40.3 Å². The number of hydrogen-bond donors (Lipinski definition) is 3. The lowest BCUT2D eigenvalue weighted by Gasteiger charge is -2.12. The minimum atomic E-state index is -4.91. The van der Waals surface area contributed by atoms with Crippen LogP contribution in [0.2, 0.25) is 0 Å². The minimum absolute atomic E-state index is 0.000540. The molecule has 0 aliphatic carbocycles. The fourth-order valence-corrected chi connectivity index (χ4v) is 3.82. The van der Waals surface area contributed by atoms with Crippen LogP contribution in [0.3, 0.4) is 0 Å². The Morgan fingerprint density at radius 3 is 2.32 bits per heavy atom. The number of carbonyl (C=O) groups is 3. The molecule has 196 valence electrons. The van der Waals surface area contributed by atoms with Crippen molar-refractivity contribution in [1.29, 1.82) is 0 Å². The molecule has 0 saturated carbocycles. The molecular weight excluding hydrogens is 508 g/mol. The molecule has 0 unspecified atom stereocenters. The first-order chi connectivity index (χ1) is 17.9. The summed E-state index contributed by atoms with van der Waals surface area (Å²) in [6.45, 7) is 1.27. The van der Waals surface area contributed by atoms with E-state index in [9.17, 15) is 31.9 Å². The fraction of sp³-hybridized carbons (Fsp3) is 0.160. The highest BCUT2D eigenvalue weighted by molar-refractivity contribution is 6.14. The molecule has 3 amide bonds. The third-order valence-electron chi connectivity index (χ3n) is 5.76. The molecule has 4 N–H and O–H groups in total. The number of hydrogen-bond acceptors (Lipinski definition) is 5. The summed E-state index contributed by atoms with van der Waals surface area (Å²) in [5, 5.41) is 8.49. The second kappa shape index (κ2) is 9.92. The van der Waals surface area contributed by atoms with Crippen molar-refractivity contribution in [1.82, 2.24) is 20.1 Å². The molecular formula is C25H20F4N6O3. The van der Waals surface area contributed by atoms with Gasteiger partial charge >= 0.3 is 6.18 Å². The summed E-state index contributed by atoms with van der Waals surface area (Å²) in [7, 11) is 1.47. The molecule has 0 aliphatic rings. The molecule has 2 aromatic carbocycles. The highest BCUT2D eigenvalue weighted by atomic mass is 19.4. The Bertz CT molecular complexity index is 1580. The molecule has 0 fully saturated rings. The molecule has 4 rings (SSSR count). The first kappa shape index (κ1) is 26.3. The number of nitrogens with zero attached hydrogens (tertiary/aromatic N) is 3. The number of primary amides is 1. The van der Waals surface area contributed by atoms with Crippen LogP contribution < -0.4 is 16.4 Å². The number of rotatable bonds is 6. The van der Waals surface area contributed by atoms with Crippen molar-refractivity contribution in [3.63, 3.8) is 0 Å². The normalized spacial score (nSPS) is 11.4. The highest BCUT2D eigenvalue weighted by Gasteiger charge is 2.39. The molecule has 2 aromatic heterocycles. The van der Waals surface area contributed by atoms with Crippen LogP contribution >= 0.6 is 0 Å². The van der Waals surface area contributed by atoms with Gasteiger partial charge in [0.25, 0.3) is 17.7 Å². The lowest BCUT2D eigenvalue weighted by atomic mass is 10.1. The summed E-state index contributed by atoms with van der Waals surface area (Å²) in [5.74, 6) is -3.03. The summed E-state index contributed by atoms with van der Waals surface area (Å²) in [6.07, 6.45) is -4.91. The van der Waals surface area contributed by atoms with Crippen LogP contribution in [0.5, 0.6) is 0 Å². The molecule has 0 saturated heterocycles. The number of benzene rings is 2. The number of alkyl halides is 3. The molecule has 38 heavy (non-hydrogen) atoms. The Kier molecular flexibility index (Phi) is 6.85. The first-order valence-electron chi connectivity index (χ1n) is 11.1. The quantitative estimate of drug-likeness (QED) is 0.329. The lowest BCUT2D eigenvalue weighted by Crippen LogP contribution is -2.19. The number of pyridine rings is 1. The van der Waals surface area contributed by atoms with Gasteiger partial charge in [0.2, 0.25) is 0 Å². The van der Waals surface area contributed by atoms with Gasteiger partial charge in [0.05, 0.1) is 29.0 Å². The number of nitrogens with two attached hydrogens (primary N) is 1. The van der Waals surface area contributed by atoms with Gasteiger partial charge in [0, 0.05) is 24.1 Å². The van der Waals surface area contributed by atoms with E-state index in [0.717, 1.165) is 22.9 Å². The summed E-state index contributed by atoms with van der Waals surface area (Å²) in [4.78, 5) is 40.5. The predicted molar refractivity (Wildman–Crippen MR) is 129 cm³/mol. The Morgan fingerprint density at radius 2 is 1.71 bits per heavy atom. The third kappa shape index (κ3) is 5.16. The van der Waals surface area contributed by atoms with E-state index >= 15 is 0 Å². The largest absolute Gasteiger partial charge is 0.437 e. The monoisotopic (exact) mass is 528 g/mol. The molecule has 0 radical (unpaired) electrons. The van der Waals surface area contributed by atoms with Gasteiger partial charge < -0.3 is 16.4 Å². The highest BCUT2D eigenvalue weighted by Crippen LogP contribution is 2.36. The minimum Gasteiger partial charge on any atom is -0.364 e. The Morgan fingerprint density at radius 1 is 1.03 bits per heavy atom. The van der Waals surface area contributed by atoms with Crippen LogP contribution in [-0.4, -0.2) is 39.5 Å². The molecule has 4 aromatic rings. The van der Waals surface area contributed by atoms with Crippen LogP contribution in [0.25, 0.3) is 10.9 Å². The Balaban J connectivity index is 1.73. The number of carbonyl (C=O) groups excluding carboxylic acids is 3. The van der Waals surface area contributed by atoms with Gasteiger partial charge in [-0.1, -0.05) is 12.1 Å². The van der Waals surface area contributed by atoms with Crippen molar-refractivity contribution >= 4 is 34.3 Å². The van der Waals surface area contributed by atoms with Crippen LogP contribution in [0.4, 0.5) is 23.2 Å². The average Bonchev–Trinajstić information content (AvgIpc) is 3.18. The van der Waals surface area contributed by atoms with Gasteiger partial charge in [-0.05, 0) is 42.8 Å². The molecule has 13 heteroatoms. The number of anilines is 1. The molecule has 0 atom stereocenters. The zero-order valence-electron chi connectivity index (χ0n) is 20.0. The number of aromatic nitrogens is 3. The van der Waals surface area contributed by atoms with Crippen molar-refractivity contribution < 1.29 is 31.9 Å². The van der Waals surface area contributed by atoms with Crippen molar-refractivity contribution in [2.24, 2.45) is 5.73 Å². The summed E-state index contributed by atoms with van der Waals surface area (Å²) in [5.41, 5.74) is 3.62. The van der Waals surface area contributed by atoms with E-state index in [1.165, 1.54) is 32.2 Å². The standard InChI is InChI=1S/C25H20F4N6O3/c1-12-20(33-24(38)17-10-19(22(30)36)32-18-9-15(26)7-8-16(17)18)21(25(27,28)29)34-35(12)11-13-3-5-14(6-4-13)23(37)31-2/h3-10H,11H2,1-2H3,(H2,30,36)(H,31,37)(H,33,38). The van der Waals surface area contributed by atoms with Crippen molar-refractivity contribution in [2.75, 3.05) is 12.4 Å². The molecule has 0 bridgehead atoms. The zero-order chi connectivity index (χ0) is 27.8. The average molecular weight is 528 g/mol. The van der Waals surface area contributed by atoms with Crippen LogP contribution in [-0.2, 0) is 12.7 Å². The second-order valence-corrected chi connectivity index (χ2v) is 8.28. The summed E-state index contributed by atoms with van der Waals surface area (Å²) >= 11 is 0. The van der Waals surface area contributed by atoms with E-state index in [2.05, 4.69) is 20.7 Å². The topological polar surface area (TPSA) is 132 Å². The lowest BCUT2D eigenvalue weighted by molar-refractivity contribution is -0.140. The predicted octanol–water partition coefficient (Wildman–Crippen LogP) is 3.66. The van der Waals surface area contributed by atoms with E-state index in [1.54, 1.807) is 12.1 Å². The van der Waals surface area contributed by atoms with Gasteiger partial charge in [-0.15, -0.1) is 0 Å². The number of nitrogens with one attached hydrogen (secondary N) is 2. The third-order valence-corrected chi connectivity index (χ3v) is 5.76. The number of fused-ring (bicyclic) bond motifs is 1. The number of amides is 3. The number of halogens is 4. The van der Waals surface area contributed by atoms with Crippen LogP contribution in [0.1, 0.15) is 48.2 Å². The van der Waals surface area contributed by atoms with E-state index in [1.807, 2.05) is 0 Å². The maximum atomic E-state index is 13.9. The van der Waals surface area contributed by atoms with Gasteiger partial charge in [-0.2, -0.15) is 18.3 Å².